The number of hydrogen-bond donors (Lipinski definition) is 2. The van der Waals surface area contributed by atoms with Gasteiger partial charge >= 0.3 is 0 Å². The molecule has 1 aliphatic carbocycles. The molecule has 6 rings (SSSR count). The number of fused-ring (bicyclic) bond motifs is 2. The number of nitrogens with one attached hydrogen (secondary N) is 2. The fourth-order valence-electron chi connectivity index (χ4n) is 4.42. The first-order valence-corrected chi connectivity index (χ1v) is 11.6. The summed E-state index contributed by atoms with van der Waals surface area (Å²) in [6.45, 7) is 5.53. The highest BCUT2D eigenvalue weighted by molar-refractivity contribution is 5.91. The van der Waals surface area contributed by atoms with Crippen LogP contribution >= 0.6 is 0 Å². The third kappa shape index (κ3) is 3.67. The summed E-state index contributed by atoms with van der Waals surface area (Å²) in [5.41, 5.74) is 3.60. The van der Waals surface area contributed by atoms with Crippen molar-refractivity contribution < 1.29 is 9.47 Å². The number of aromatic amines is 1. The average molecular weight is 446 g/mol. The maximum atomic E-state index is 5.80. The van der Waals surface area contributed by atoms with Crippen LogP contribution in [0.25, 0.3) is 22.4 Å². The molecule has 1 atom stereocenters. The van der Waals surface area contributed by atoms with Crippen LogP contribution in [0.2, 0.25) is 0 Å². The predicted octanol–water partition coefficient (Wildman–Crippen LogP) is 4.52. The van der Waals surface area contributed by atoms with Gasteiger partial charge < -0.3 is 19.8 Å². The summed E-state index contributed by atoms with van der Waals surface area (Å²) in [5, 5.41) is 13.7. The maximum absolute atomic E-state index is 5.80. The molecule has 170 valence electrons. The van der Waals surface area contributed by atoms with Crippen molar-refractivity contribution in [2.75, 3.05) is 18.5 Å². The van der Waals surface area contributed by atoms with E-state index in [1.807, 2.05) is 23.1 Å². The summed E-state index contributed by atoms with van der Waals surface area (Å²) in [5.74, 6) is 2.68. The lowest BCUT2D eigenvalue weighted by atomic mass is 9.94. The molecule has 1 saturated carbocycles. The van der Waals surface area contributed by atoms with Crippen LogP contribution in [0.3, 0.4) is 0 Å². The van der Waals surface area contributed by atoms with Crippen molar-refractivity contribution in [3.63, 3.8) is 0 Å². The van der Waals surface area contributed by atoms with Gasteiger partial charge in [-0.1, -0.05) is 19.9 Å². The summed E-state index contributed by atoms with van der Waals surface area (Å²) in [6.07, 6.45) is 6.94. The molecule has 0 saturated heterocycles. The molecule has 0 radical (unpaired) electrons. The van der Waals surface area contributed by atoms with E-state index < -0.39 is 0 Å². The Balaban J connectivity index is 1.31. The van der Waals surface area contributed by atoms with E-state index in [9.17, 15) is 0 Å². The summed E-state index contributed by atoms with van der Waals surface area (Å²) < 4.78 is 11.5. The molecule has 2 N–H and O–H groups in total. The number of benzene rings is 1. The first-order valence-electron chi connectivity index (χ1n) is 11.6. The molecule has 3 aromatic heterocycles. The highest BCUT2D eigenvalue weighted by atomic mass is 16.6. The van der Waals surface area contributed by atoms with Crippen LogP contribution in [0.4, 0.5) is 5.82 Å². The zero-order valence-corrected chi connectivity index (χ0v) is 18.8. The van der Waals surface area contributed by atoms with E-state index >= 15 is 0 Å². The van der Waals surface area contributed by atoms with Crippen molar-refractivity contribution >= 4 is 16.9 Å². The van der Waals surface area contributed by atoms with Crippen LogP contribution in [0.5, 0.6) is 11.5 Å². The first kappa shape index (κ1) is 20.0. The Morgan fingerprint density at radius 1 is 1.09 bits per heavy atom. The smallest absolute Gasteiger partial charge is 0.161 e. The molecule has 1 aromatic carbocycles. The third-order valence-corrected chi connectivity index (χ3v) is 6.50. The van der Waals surface area contributed by atoms with Gasteiger partial charge in [-0.05, 0) is 48.9 Å². The van der Waals surface area contributed by atoms with Gasteiger partial charge in [0.2, 0.25) is 0 Å². The largest absolute Gasteiger partial charge is 0.486 e. The Labute approximate surface area is 191 Å². The van der Waals surface area contributed by atoms with Gasteiger partial charge in [-0.25, -0.2) is 9.97 Å². The lowest BCUT2D eigenvalue weighted by Crippen LogP contribution is -2.19. The second-order valence-corrected chi connectivity index (χ2v) is 9.07. The lowest BCUT2D eigenvalue weighted by molar-refractivity contribution is 0.171. The maximum Gasteiger partial charge on any atom is 0.161 e. The molecule has 0 amide bonds. The second-order valence-electron chi connectivity index (χ2n) is 9.07. The minimum Gasteiger partial charge on any atom is -0.486 e. The van der Waals surface area contributed by atoms with Crippen molar-refractivity contribution in [3.05, 3.63) is 42.4 Å². The number of anilines is 1. The van der Waals surface area contributed by atoms with Crippen LogP contribution in [0.15, 0.2) is 36.8 Å². The van der Waals surface area contributed by atoms with Crippen molar-refractivity contribution in [2.24, 2.45) is 5.92 Å². The number of rotatable bonds is 6. The number of aromatic nitrogens is 6. The van der Waals surface area contributed by atoms with Gasteiger partial charge in [0.15, 0.2) is 11.5 Å². The van der Waals surface area contributed by atoms with Gasteiger partial charge in [-0.3, -0.25) is 0 Å². The Kier molecular flexibility index (Phi) is 4.89. The van der Waals surface area contributed by atoms with Crippen molar-refractivity contribution in [2.45, 2.75) is 45.2 Å². The lowest BCUT2D eigenvalue weighted by Gasteiger charge is -2.26. The van der Waals surface area contributed by atoms with Crippen molar-refractivity contribution in [3.8, 4) is 22.9 Å². The summed E-state index contributed by atoms with van der Waals surface area (Å²) in [7, 11) is 0. The van der Waals surface area contributed by atoms with E-state index in [-0.39, 0.29) is 6.04 Å². The van der Waals surface area contributed by atoms with E-state index in [0.29, 0.717) is 25.2 Å². The summed E-state index contributed by atoms with van der Waals surface area (Å²) >= 11 is 0. The fourth-order valence-corrected chi connectivity index (χ4v) is 4.42. The third-order valence-electron chi connectivity index (χ3n) is 6.50. The molecule has 1 fully saturated rings. The van der Waals surface area contributed by atoms with Gasteiger partial charge in [-0.2, -0.15) is 15.0 Å². The highest BCUT2D eigenvalue weighted by Gasteiger charge is 2.23. The minimum absolute atomic E-state index is 0.0387. The highest BCUT2D eigenvalue weighted by Crippen LogP contribution is 2.37. The first-order chi connectivity index (χ1) is 16.2. The molecule has 9 nitrogen and oxygen atoms in total. The van der Waals surface area contributed by atoms with Gasteiger partial charge in [0.05, 0.1) is 29.4 Å². The van der Waals surface area contributed by atoms with E-state index in [2.05, 4.69) is 56.4 Å². The van der Waals surface area contributed by atoms with Gasteiger partial charge in [0.1, 0.15) is 36.7 Å². The van der Waals surface area contributed by atoms with Crippen LogP contribution in [-0.2, 0) is 0 Å². The molecule has 9 heteroatoms. The molecule has 0 spiro atoms. The van der Waals surface area contributed by atoms with Crippen LogP contribution < -0.4 is 14.8 Å². The topological polar surface area (TPSA) is 103 Å². The molecular weight excluding hydrogens is 418 g/mol. The summed E-state index contributed by atoms with van der Waals surface area (Å²) in [6, 6.07) is 8.65. The Bertz CT molecular complexity index is 1290. The molecular formula is C24H27N7O2. The quantitative estimate of drug-likeness (QED) is 0.450. The van der Waals surface area contributed by atoms with Gasteiger partial charge in [-0.15, -0.1) is 0 Å². The van der Waals surface area contributed by atoms with E-state index in [0.717, 1.165) is 58.1 Å². The Hall–Kier alpha value is -3.62. The number of H-pyrrole nitrogens is 1. The molecule has 33 heavy (non-hydrogen) atoms. The zero-order chi connectivity index (χ0) is 22.4. The SMILES string of the molecule is CC(C)[C@@H](Nc1ncnc2[nH]c(-c3cnn(C4CCC4)n3)cc12)c1ccc2c(c1)OCCO2. The fraction of sp³-hybridized carbons (Fsp3) is 0.417. The standard InChI is InChI=1S/C24H27N7O2/c1-14(2)22(15-6-7-20-21(10-15)33-9-8-32-20)29-24-17-11-18(28-23(17)25-13-26-24)19-12-27-31(30-19)16-4-3-5-16/h6-7,10-14,16,22H,3-5,8-9H2,1-2H3,(H2,25,26,28,29)/t22-/m1/s1. The van der Waals surface area contributed by atoms with E-state index in [1.165, 1.54) is 6.42 Å². The van der Waals surface area contributed by atoms with Gasteiger partial charge in [0, 0.05) is 0 Å². The zero-order valence-electron chi connectivity index (χ0n) is 18.8. The van der Waals surface area contributed by atoms with E-state index in [4.69, 9.17) is 9.47 Å². The second kappa shape index (κ2) is 8.06. The van der Waals surface area contributed by atoms with Crippen molar-refractivity contribution in [1.82, 2.24) is 29.9 Å². The number of ether oxygens (including phenoxy) is 2. The average Bonchev–Trinajstić information content (AvgIpc) is 3.43. The molecule has 0 unspecified atom stereocenters. The Morgan fingerprint density at radius 3 is 2.73 bits per heavy atom. The minimum atomic E-state index is 0.0387. The van der Waals surface area contributed by atoms with Gasteiger partial charge in [0.25, 0.3) is 0 Å². The molecule has 4 heterocycles. The molecule has 0 bridgehead atoms. The van der Waals surface area contributed by atoms with Crippen LogP contribution in [0, 0.1) is 5.92 Å². The normalized spacial score (nSPS) is 16.7. The molecule has 1 aliphatic heterocycles. The Morgan fingerprint density at radius 2 is 1.94 bits per heavy atom. The van der Waals surface area contributed by atoms with Crippen LogP contribution in [0.1, 0.15) is 50.8 Å². The number of nitrogens with zero attached hydrogens (tertiary/aromatic N) is 5. The van der Waals surface area contributed by atoms with E-state index in [1.54, 1.807) is 6.33 Å². The monoisotopic (exact) mass is 445 g/mol. The number of hydrogen-bond acceptors (Lipinski definition) is 7. The summed E-state index contributed by atoms with van der Waals surface area (Å²) in [4.78, 5) is 14.2. The molecule has 2 aliphatic rings. The van der Waals surface area contributed by atoms with Crippen LogP contribution in [-0.4, -0.2) is 43.2 Å². The molecule has 4 aromatic rings. The van der Waals surface area contributed by atoms with Crippen molar-refractivity contribution in [1.29, 1.82) is 0 Å². The predicted molar refractivity (Wildman–Crippen MR) is 124 cm³/mol.